The SMILES string of the molecule is CCOC(=O)C(CCc1ccccc1)N[C@@H](C)C(=O)N1C(C(=O)O)CC2CCCCC21. The summed E-state index contributed by atoms with van der Waals surface area (Å²) < 4.78 is 5.22. The summed E-state index contributed by atoms with van der Waals surface area (Å²) in [4.78, 5) is 39.3. The number of hydrogen-bond donors (Lipinski definition) is 2. The van der Waals surface area contributed by atoms with E-state index < -0.39 is 24.1 Å². The van der Waals surface area contributed by atoms with Crippen molar-refractivity contribution in [2.75, 3.05) is 6.61 Å². The lowest BCUT2D eigenvalue weighted by atomic mass is 9.84. The van der Waals surface area contributed by atoms with Gasteiger partial charge in [0, 0.05) is 6.04 Å². The molecule has 1 aromatic carbocycles. The number of likely N-dealkylation sites (tertiary alicyclic amines) is 1. The Balaban J connectivity index is 1.70. The number of nitrogens with one attached hydrogen (secondary N) is 1. The van der Waals surface area contributed by atoms with Crippen LogP contribution < -0.4 is 5.32 Å². The molecule has 1 aliphatic heterocycles. The molecule has 0 bridgehead atoms. The van der Waals surface area contributed by atoms with Gasteiger partial charge in [-0.15, -0.1) is 0 Å². The van der Waals surface area contributed by atoms with Gasteiger partial charge in [-0.1, -0.05) is 43.2 Å². The van der Waals surface area contributed by atoms with Crippen molar-refractivity contribution < 1.29 is 24.2 Å². The number of carbonyl (C=O) groups is 3. The fourth-order valence-corrected chi connectivity index (χ4v) is 5.06. The Morgan fingerprint density at radius 3 is 2.58 bits per heavy atom. The molecule has 170 valence electrons. The molecule has 0 spiro atoms. The second kappa shape index (κ2) is 10.8. The van der Waals surface area contributed by atoms with Crippen molar-refractivity contribution in [2.45, 2.75) is 83.0 Å². The summed E-state index contributed by atoms with van der Waals surface area (Å²) in [5.74, 6) is -1.31. The van der Waals surface area contributed by atoms with Crippen LogP contribution in [0.5, 0.6) is 0 Å². The first-order chi connectivity index (χ1) is 14.9. The summed E-state index contributed by atoms with van der Waals surface area (Å²) >= 11 is 0. The molecule has 2 N–H and O–H groups in total. The standard InChI is InChI=1S/C24H34N2O5/c1-3-31-24(30)19(14-13-17-9-5-4-6-10-17)25-16(2)22(27)26-20-12-8-7-11-18(20)15-21(26)23(28)29/h4-6,9-10,16,18-21,25H,3,7-8,11-15H2,1-2H3,(H,28,29)/t16-,18?,19?,20?,21?/m0/s1. The molecule has 1 heterocycles. The third kappa shape index (κ3) is 5.64. The van der Waals surface area contributed by atoms with Crippen molar-refractivity contribution in [2.24, 2.45) is 5.92 Å². The lowest BCUT2D eigenvalue weighted by molar-refractivity contribution is -0.152. The highest BCUT2D eigenvalue weighted by Crippen LogP contribution is 2.40. The van der Waals surface area contributed by atoms with Crippen molar-refractivity contribution in [1.82, 2.24) is 10.2 Å². The van der Waals surface area contributed by atoms with E-state index in [0.29, 0.717) is 19.3 Å². The van der Waals surface area contributed by atoms with Gasteiger partial charge in [0.1, 0.15) is 12.1 Å². The Kier molecular flexibility index (Phi) is 8.07. The molecule has 1 saturated heterocycles. The number of carbonyl (C=O) groups excluding carboxylic acids is 2. The monoisotopic (exact) mass is 430 g/mol. The molecule has 2 aliphatic rings. The number of aryl methyl sites for hydroxylation is 1. The van der Waals surface area contributed by atoms with E-state index in [2.05, 4.69) is 5.32 Å². The molecule has 1 saturated carbocycles. The number of amides is 1. The van der Waals surface area contributed by atoms with Crippen LogP contribution in [0, 0.1) is 5.92 Å². The van der Waals surface area contributed by atoms with Crippen molar-refractivity contribution in [3.63, 3.8) is 0 Å². The molecular formula is C24H34N2O5. The lowest BCUT2D eigenvalue weighted by Gasteiger charge is -2.35. The molecule has 31 heavy (non-hydrogen) atoms. The average Bonchev–Trinajstić information content (AvgIpc) is 3.16. The second-order valence-corrected chi connectivity index (χ2v) is 8.66. The van der Waals surface area contributed by atoms with Gasteiger partial charge in [0.2, 0.25) is 5.91 Å². The predicted molar refractivity (Wildman–Crippen MR) is 116 cm³/mol. The Hall–Kier alpha value is -2.41. The van der Waals surface area contributed by atoms with Gasteiger partial charge in [-0.05, 0) is 57.4 Å². The van der Waals surface area contributed by atoms with Crippen LogP contribution >= 0.6 is 0 Å². The van der Waals surface area contributed by atoms with Gasteiger partial charge in [0.25, 0.3) is 0 Å². The third-order valence-electron chi connectivity index (χ3n) is 6.58. The first-order valence-corrected chi connectivity index (χ1v) is 11.4. The van der Waals surface area contributed by atoms with Crippen molar-refractivity contribution in [3.8, 4) is 0 Å². The largest absolute Gasteiger partial charge is 0.480 e. The number of fused-ring (bicyclic) bond motifs is 1. The van der Waals surface area contributed by atoms with E-state index in [1.165, 1.54) is 0 Å². The second-order valence-electron chi connectivity index (χ2n) is 8.66. The topological polar surface area (TPSA) is 95.9 Å². The molecule has 0 radical (unpaired) electrons. The fraction of sp³-hybridized carbons (Fsp3) is 0.625. The highest BCUT2D eigenvalue weighted by molar-refractivity contribution is 5.88. The summed E-state index contributed by atoms with van der Waals surface area (Å²) in [6, 6.07) is 7.75. The maximum absolute atomic E-state index is 13.4. The maximum Gasteiger partial charge on any atom is 0.326 e. The average molecular weight is 431 g/mol. The molecule has 4 unspecified atom stereocenters. The van der Waals surface area contributed by atoms with Crippen LogP contribution in [0.3, 0.4) is 0 Å². The lowest BCUT2D eigenvalue weighted by Crippen LogP contribution is -2.55. The van der Waals surface area contributed by atoms with Crippen LogP contribution in [0.25, 0.3) is 0 Å². The third-order valence-corrected chi connectivity index (χ3v) is 6.58. The van der Waals surface area contributed by atoms with E-state index in [0.717, 1.165) is 31.2 Å². The normalized spacial score (nSPS) is 24.8. The Bertz CT molecular complexity index is 768. The van der Waals surface area contributed by atoms with Gasteiger partial charge in [-0.3, -0.25) is 14.9 Å². The highest BCUT2D eigenvalue weighted by atomic mass is 16.5. The van der Waals surface area contributed by atoms with E-state index in [4.69, 9.17) is 4.74 Å². The van der Waals surface area contributed by atoms with E-state index in [9.17, 15) is 19.5 Å². The van der Waals surface area contributed by atoms with E-state index >= 15 is 0 Å². The molecule has 1 aromatic rings. The van der Waals surface area contributed by atoms with Gasteiger partial charge in [-0.2, -0.15) is 0 Å². The fourth-order valence-electron chi connectivity index (χ4n) is 5.06. The van der Waals surface area contributed by atoms with Crippen LogP contribution in [0.2, 0.25) is 0 Å². The van der Waals surface area contributed by atoms with Crippen molar-refractivity contribution >= 4 is 17.8 Å². The number of aliphatic carboxylic acids is 1. The minimum Gasteiger partial charge on any atom is -0.480 e. The number of carboxylic acid groups (broad SMARTS) is 1. The number of rotatable bonds is 9. The molecule has 0 aromatic heterocycles. The first kappa shape index (κ1) is 23.3. The summed E-state index contributed by atoms with van der Waals surface area (Å²) in [7, 11) is 0. The molecule has 3 rings (SSSR count). The van der Waals surface area contributed by atoms with E-state index in [1.807, 2.05) is 30.3 Å². The minimum atomic E-state index is -0.944. The zero-order valence-corrected chi connectivity index (χ0v) is 18.5. The molecule has 5 atom stereocenters. The highest BCUT2D eigenvalue weighted by Gasteiger charge is 2.48. The summed E-state index contributed by atoms with van der Waals surface area (Å²) in [5, 5.41) is 12.9. The molecule has 1 aliphatic carbocycles. The molecule has 1 amide bonds. The van der Waals surface area contributed by atoms with E-state index in [-0.39, 0.29) is 30.4 Å². The van der Waals surface area contributed by atoms with Gasteiger partial charge in [0.15, 0.2) is 0 Å². The smallest absolute Gasteiger partial charge is 0.326 e. The van der Waals surface area contributed by atoms with Crippen molar-refractivity contribution in [3.05, 3.63) is 35.9 Å². The van der Waals surface area contributed by atoms with Gasteiger partial charge < -0.3 is 14.7 Å². The molecule has 7 nitrogen and oxygen atoms in total. The Labute approximate surface area is 184 Å². The summed E-state index contributed by atoms with van der Waals surface area (Å²) in [6.07, 6.45) is 5.62. The summed E-state index contributed by atoms with van der Waals surface area (Å²) in [6.45, 7) is 3.74. The zero-order valence-electron chi connectivity index (χ0n) is 18.5. The number of esters is 1. The number of nitrogens with zero attached hydrogens (tertiary/aromatic N) is 1. The molecule has 2 fully saturated rings. The number of ether oxygens (including phenoxy) is 1. The zero-order chi connectivity index (χ0) is 22.4. The number of carboxylic acids is 1. The van der Waals surface area contributed by atoms with E-state index in [1.54, 1.807) is 18.7 Å². The molecule has 7 heteroatoms. The van der Waals surface area contributed by atoms with Crippen LogP contribution in [-0.4, -0.2) is 58.6 Å². The molecular weight excluding hydrogens is 396 g/mol. The van der Waals surface area contributed by atoms with Crippen molar-refractivity contribution in [1.29, 1.82) is 0 Å². The Morgan fingerprint density at radius 1 is 1.19 bits per heavy atom. The van der Waals surface area contributed by atoms with Crippen LogP contribution in [0.15, 0.2) is 30.3 Å². The summed E-state index contributed by atoms with van der Waals surface area (Å²) in [5.41, 5.74) is 1.10. The minimum absolute atomic E-state index is 0.0167. The quantitative estimate of drug-likeness (QED) is 0.585. The van der Waals surface area contributed by atoms with Gasteiger partial charge in [-0.25, -0.2) is 4.79 Å². The first-order valence-electron chi connectivity index (χ1n) is 11.4. The van der Waals surface area contributed by atoms with Crippen LogP contribution in [0.4, 0.5) is 0 Å². The number of benzene rings is 1. The maximum atomic E-state index is 13.4. The van der Waals surface area contributed by atoms with Gasteiger partial charge in [0.05, 0.1) is 12.6 Å². The van der Waals surface area contributed by atoms with Gasteiger partial charge >= 0.3 is 11.9 Å². The van der Waals surface area contributed by atoms with Crippen LogP contribution in [-0.2, 0) is 25.5 Å². The Morgan fingerprint density at radius 2 is 1.90 bits per heavy atom. The predicted octanol–water partition coefficient (Wildman–Crippen LogP) is 2.77. The number of hydrogen-bond acceptors (Lipinski definition) is 5. The van der Waals surface area contributed by atoms with Crippen LogP contribution in [0.1, 0.15) is 57.9 Å².